The Balaban J connectivity index is 1.85. The molecule has 1 fully saturated rings. The Morgan fingerprint density at radius 3 is 2.44 bits per heavy atom. The summed E-state index contributed by atoms with van der Waals surface area (Å²) in [6.45, 7) is 4.37. The molecule has 1 saturated carbocycles. The van der Waals surface area contributed by atoms with Crippen LogP contribution in [0.25, 0.3) is 0 Å². The van der Waals surface area contributed by atoms with Gasteiger partial charge in [-0.15, -0.1) is 0 Å². The van der Waals surface area contributed by atoms with E-state index in [4.69, 9.17) is 0 Å². The Kier molecular flexibility index (Phi) is 3.59. The van der Waals surface area contributed by atoms with Crippen molar-refractivity contribution in [2.75, 3.05) is 0 Å². The molecule has 0 amide bonds. The third-order valence-electron chi connectivity index (χ3n) is 3.29. The number of halogens is 1. The van der Waals surface area contributed by atoms with Crippen molar-refractivity contribution in [3.63, 3.8) is 0 Å². The highest BCUT2D eigenvalue weighted by Gasteiger charge is 2.24. The first kappa shape index (κ1) is 11.6. The molecular formula is C14H20FN. The van der Waals surface area contributed by atoms with Crippen molar-refractivity contribution >= 4 is 0 Å². The molecule has 1 nitrogen and oxygen atoms in total. The van der Waals surface area contributed by atoms with Gasteiger partial charge in [0.25, 0.3) is 0 Å². The third-order valence-corrected chi connectivity index (χ3v) is 3.29. The summed E-state index contributed by atoms with van der Waals surface area (Å²) in [7, 11) is 0. The van der Waals surface area contributed by atoms with E-state index in [2.05, 4.69) is 19.2 Å². The van der Waals surface area contributed by atoms with Crippen LogP contribution in [0.2, 0.25) is 0 Å². The van der Waals surface area contributed by atoms with Gasteiger partial charge in [-0.25, -0.2) is 4.39 Å². The third kappa shape index (κ3) is 3.31. The first-order valence-electron chi connectivity index (χ1n) is 6.16. The van der Waals surface area contributed by atoms with Crippen LogP contribution in [-0.4, -0.2) is 6.04 Å². The van der Waals surface area contributed by atoms with Gasteiger partial charge in [0.05, 0.1) is 0 Å². The van der Waals surface area contributed by atoms with Gasteiger partial charge in [0.15, 0.2) is 0 Å². The highest BCUT2D eigenvalue weighted by Crippen LogP contribution is 2.33. The van der Waals surface area contributed by atoms with Crippen LogP contribution in [0.1, 0.15) is 44.7 Å². The second-order valence-electron chi connectivity index (χ2n) is 5.02. The SMILES string of the molecule is CC(CC1CC1)NC(C)c1ccc(F)cc1. The van der Waals surface area contributed by atoms with E-state index in [1.165, 1.54) is 31.4 Å². The molecule has 1 aromatic carbocycles. The van der Waals surface area contributed by atoms with Crippen molar-refractivity contribution in [1.82, 2.24) is 5.32 Å². The van der Waals surface area contributed by atoms with Crippen molar-refractivity contribution in [2.45, 2.75) is 45.2 Å². The summed E-state index contributed by atoms with van der Waals surface area (Å²) in [4.78, 5) is 0. The van der Waals surface area contributed by atoms with Gasteiger partial charge in [-0.3, -0.25) is 0 Å². The second kappa shape index (κ2) is 4.96. The highest BCUT2D eigenvalue weighted by atomic mass is 19.1. The molecule has 2 heteroatoms. The number of rotatable bonds is 5. The smallest absolute Gasteiger partial charge is 0.123 e. The zero-order valence-corrected chi connectivity index (χ0v) is 10.0. The largest absolute Gasteiger partial charge is 0.308 e. The normalized spacial score (nSPS) is 19.4. The maximum Gasteiger partial charge on any atom is 0.123 e. The average Bonchev–Trinajstić information content (AvgIpc) is 3.02. The maximum atomic E-state index is 12.8. The predicted molar refractivity (Wildman–Crippen MR) is 64.8 cm³/mol. The Bertz CT molecular complexity index is 329. The van der Waals surface area contributed by atoms with Gasteiger partial charge in [-0.05, 0) is 43.9 Å². The molecule has 2 atom stereocenters. The van der Waals surface area contributed by atoms with Crippen LogP contribution in [0, 0.1) is 11.7 Å². The molecule has 0 bridgehead atoms. The molecule has 0 saturated heterocycles. The molecule has 0 aliphatic heterocycles. The zero-order chi connectivity index (χ0) is 11.5. The summed E-state index contributed by atoms with van der Waals surface area (Å²) in [5.74, 6) is 0.782. The van der Waals surface area contributed by atoms with Crippen molar-refractivity contribution < 1.29 is 4.39 Å². The minimum atomic E-state index is -0.165. The summed E-state index contributed by atoms with van der Waals surface area (Å²) < 4.78 is 12.8. The van der Waals surface area contributed by atoms with E-state index in [1.807, 2.05) is 12.1 Å². The molecule has 16 heavy (non-hydrogen) atoms. The average molecular weight is 221 g/mol. The van der Waals surface area contributed by atoms with Crippen LogP contribution in [0.15, 0.2) is 24.3 Å². The minimum absolute atomic E-state index is 0.165. The monoisotopic (exact) mass is 221 g/mol. The van der Waals surface area contributed by atoms with Crippen LogP contribution >= 0.6 is 0 Å². The van der Waals surface area contributed by atoms with E-state index in [1.54, 1.807) is 0 Å². The first-order valence-corrected chi connectivity index (χ1v) is 6.16. The molecule has 88 valence electrons. The van der Waals surface area contributed by atoms with Crippen LogP contribution in [0.3, 0.4) is 0 Å². The lowest BCUT2D eigenvalue weighted by atomic mass is 10.1. The van der Waals surface area contributed by atoms with Crippen molar-refractivity contribution in [2.24, 2.45) is 5.92 Å². The van der Waals surface area contributed by atoms with Gasteiger partial charge in [-0.1, -0.05) is 25.0 Å². The summed E-state index contributed by atoms with van der Waals surface area (Å²) in [6, 6.07) is 7.62. The van der Waals surface area contributed by atoms with Gasteiger partial charge >= 0.3 is 0 Å². The molecule has 0 radical (unpaired) electrons. The summed E-state index contributed by atoms with van der Waals surface area (Å²) in [6.07, 6.45) is 4.07. The molecule has 1 aliphatic rings. The Labute approximate surface area is 97.1 Å². The number of hydrogen-bond acceptors (Lipinski definition) is 1. The summed E-state index contributed by atoms with van der Waals surface area (Å²) in [5.41, 5.74) is 1.16. The van der Waals surface area contributed by atoms with Crippen LogP contribution in [0.4, 0.5) is 4.39 Å². The maximum absolute atomic E-state index is 12.8. The molecule has 0 spiro atoms. The Hall–Kier alpha value is -0.890. The van der Waals surface area contributed by atoms with Gasteiger partial charge in [-0.2, -0.15) is 0 Å². The fourth-order valence-corrected chi connectivity index (χ4v) is 2.20. The number of nitrogens with one attached hydrogen (secondary N) is 1. The van der Waals surface area contributed by atoms with Crippen LogP contribution < -0.4 is 5.32 Å². The van der Waals surface area contributed by atoms with Crippen molar-refractivity contribution in [3.8, 4) is 0 Å². The van der Waals surface area contributed by atoms with Gasteiger partial charge < -0.3 is 5.32 Å². The molecule has 1 N–H and O–H groups in total. The molecular weight excluding hydrogens is 201 g/mol. The molecule has 2 rings (SSSR count). The quantitative estimate of drug-likeness (QED) is 0.800. The van der Waals surface area contributed by atoms with Gasteiger partial charge in [0, 0.05) is 12.1 Å². The van der Waals surface area contributed by atoms with Crippen molar-refractivity contribution in [3.05, 3.63) is 35.6 Å². The number of hydrogen-bond donors (Lipinski definition) is 1. The molecule has 2 unspecified atom stereocenters. The predicted octanol–water partition coefficient (Wildman–Crippen LogP) is 3.66. The molecule has 0 heterocycles. The molecule has 0 aromatic heterocycles. The number of benzene rings is 1. The second-order valence-corrected chi connectivity index (χ2v) is 5.02. The lowest BCUT2D eigenvalue weighted by Crippen LogP contribution is -2.29. The zero-order valence-electron chi connectivity index (χ0n) is 10.0. The van der Waals surface area contributed by atoms with E-state index in [0.29, 0.717) is 12.1 Å². The van der Waals surface area contributed by atoms with Gasteiger partial charge in [0.2, 0.25) is 0 Å². The summed E-state index contributed by atoms with van der Waals surface area (Å²) >= 11 is 0. The lowest BCUT2D eigenvalue weighted by Gasteiger charge is -2.20. The summed E-state index contributed by atoms with van der Waals surface area (Å²) in [5, 5.41) is 3.56. The topological polar surface area (TPSA) is 12.0 Å². The van der Waals surface area contributed by atoms with E-state index in [0.717, 1.165) is 11.5 Å². The highest BCUT2D eigenvalue weighted by molar-refractivity contribution is 5.19. The van der Waals surface area contributed by atoms with E-state index < -0.39 is 0 Å². The van der Waals surface area contributed by atoms with Crippen LogP contribution in [0.5, 0.6) is 0 Å². The standard InChI is InChI=1S/C14H20FN/c1-10(9-12-3-4-12)16-11(2)13-5-7-14(15)8-6-13/h5-8,10-12,16H,3-4,9H2,1-2H3. The fourth-order valence-electron chi connectivity index (χ4n) is 2.20. The van der Waals surface area contributed by atoms with Gasteiger partial charge in [0.1, 0.15) is 5.82 Å². The Morgan fingerprint density at radius 2 is 1.88 bits per heavy atom. The molecule has 1 aliphatic carbocycles. The lowest BCUT2D eigenvalue weighted by molar-refractivity contribution is 0.438. The van der Waals surface area contributed by atoms with Crippen molar-refractivity contribution in [1.29, 1.82) is 0 Å². The molecule has 1 aromatic rings. The fraction of sp³-hybridized carbons (Fsp3) is 0.571. The van der Waals surface area contributed by atoms with E-state index >= 15 is 0 Å². The minimum Gasteiger partial charge on any atom is -0.308 e. The first-order chi connectivity index (χ1) is 7.65. The Morgan fingerprint density at radius 1 is 1.25 bits per heavy atom. The van der Waals surface area contributed by atoms with Crippen LogP contribution in [-0.2, 0) is 0 Å². The van der Waals surface area contributed by atoms with E-state index in [9.17, 15) is 4.39 Å². The van der Waals surface area contributed by atoms with E-state index in [-0.39, 0.29) is 5.82 Å².